The molecule has 1 saturated heterocycles. The number of anilines is 2. The summed E-state index contributed by atoms with van der Waals surface area (Å²) in [5, 5.41) is 7.28. The summed E-state index contributed by atoms with van der Waals surface area (Å²) in [5.41, 5.74) is 3.81. The molecule has 5 rings (SSSR count). The Morgan fingerprint density at radius 1 is 1.30 bits per heavy atom. The molecule has 33 heavy (non-hydrogen) atoms. The first kappa shape index (κ1) is 22.9. The van der Waals surface area contributed by atoms with Crippen molar-refractivity contribution in [3.05, 3.63) is 47.9 Å². The summed E-state index contributed by atoms with van der Waals surface area (Å²) in [7, 11) is 0.949. The zero-order chi connectivity index (χ0) is 23.4. The van der Waals surface area contributed by atoms with Gasteiger partial charge in [-0.2, -0.15) is 13.9 Å². The van der Waals surface area contributed by atoms with Gasteiger partial charge in [-0.15, -0.1) is 0 Å². The Bertz CT molecular complexity index is 1120. The van der Waals surface area contributed by atoms with Gasteiger partial charge in [0.15, 0.2) is 5.65 Å². The molecule has 3 aromatic rings. The third-order valence-electron chi connectivity index (χ3n) is 5.32. The highest BCUT2D eigenvalue weighted by Gasteiger charge is 2.25. The number of ether oxygens (including phenoxy) is 3. The van der Waals surface area contributed by atoms with Gasteiger partial charge in [-0.3, -0.25) is 4.79 Å². The number of benzene rings is 1. The second kappa shape index (κ2) is 10.1. The van der Waals surface area contributed by atoms with Crippen molar-refractivity contribution in [2.75, 3.05) is 43.6 Å². The van der Waals surface area contributed by atoms with E-state index in [2.05, 4.69) is 32.0 Å². The largest absolute Gasteiger partial charge is 0.490 e. The van der Waals surface area contributed by atoms with E-state index in [4.69, 9.17) is 9.47 Å². The van der Waals surface area contributed by atoms with E-state index in [1.807, 2.05) is 12.1 Å². The summed E-state index contributed by atoms with van der Waals surface area (Å²) in [5.74, 6) is 0.666. The van der Waals surface area contributed by atoms with Crippen LogP contribution in [0.4, 0.5) is 20.2 Å². The van der Waals surface area contributed by atoms with Crippen LogP contribution in [0.3, 0.4) is 0 Å². The van der Waals surface area contributed by atoms with Gasteiger partial charge in [0, 0.05) is 50.6 Å². The maximum absolute atomic E-state index is 13.0. The molecule has 0 saturated carbocycles. The number of halogens is 2. The standard InChI is InChI=1S/C20H21N5O3.C2H4F2O/c1-13-9-14-10-16(17(11-18(14)28-13)24-5-7-27-8-6-24)23-20(26)15-12-22-25-4-2-3-21-19(15)25;1-5-2(3)4/h2-4,10-13H,5-9H2,1H3,(H,23,26);2H,1H3. The van der Waals surface area contributed by atoms with Gasteiger partial charge < -0.3 is 24.4 Å². The third-order valence-corrected chi connectivity index (χ3v) is 5.32. The van der Waals surface area contributed by atoms with E-state index < -0.39 is 6.61 Å². The normalized spacial score (nSPS) is 17.4. The van der Waals surface area contributed by atoms with E-state index in [-0.39, 0.29) is 12.0 Å². The van der Waals surface area contributed by atoms with Gasteiger partial charge in [0.1, 0.15) is 17.4 Å². The number of rotatable bonds is 4. The van der Waals surface area contributed by atoms with Crippen molar-refractivity contribution in [3.63, 3.8) is 0 Å². The summed E-state index contributed by atoms with van der Waals surface area (Å²) in [6.45, 7) is 2.32. The Morgan fingerprint density at radius 3 is 2.79 bits per heavy atom. The molecule has 0 aliphatic carbocycles. The Labute approximate surface area is 189 Å². The maximum atomic E-state index is 13.0. The summed E-state index contributed by atoms with van der Waals surface area (Å²) in [6, 6.07) is 5.84. The molecule has 2 aliphatic rings. The average Bonchev–Trinajstić information content (AvgIpc) is 3.41. The lowest BCUT2D eigenvalue weighted by Crippen LogP contribution is -2.36. The lowest BCUT2D eigenvalue weighted by atomic mass is 10.1. The van der Waals surface area contributed by atoms with Gasteiger partial charge in [0.2, 0.25) is 0 Å². The molecule has 0 spiro atoms. The van der Waals surface area contributed by atoms with E-state index in [9.17, 15) is 13.6 Å². The molecule has 1 N–H and O–H groups in total. The van der Waals surface area contributed by atoms with Gasteiger partial charge in [0.25, 0.3) is 5.91 Å². The number of hydrogen-bond acceptors (Lipinski definition) is 7. The van der Waals surface area contributed by atoms with Crippen LogP contribution in [0.5, 0.6) is 5.75 Å². The number of nitrogens with zero attached hydrogens (tertiary/aromatic N) is 4. The number of fused-ring (bicyclic) bond motifs is 2. The number of amides is 1. The molecule has 0 radical (unpaired) electrons. The molecule has 1 atom stereocenters. The second-order valence-electron chi connectivity index (χ2n) is 7.61. The fourth-order valence-corrected chi connectivity index (χ4v) is 3.79. The molecule has 0 bridgehead atoms. The van der Waals surface area contributed by atoms with Crippen LogP contribution in [-0.2, 0) is 15.9 Å². The lowest BCUT2D eigenvalue weighted by Gasteiger charge is -2.31. The lowest BCUT2D eigenvalue weighted by molar-refractivity contribution is -0.105. The highest BCUT2D eigenvalue weighted by molar-refractivity contribution is 6.09. The minimum absolute atomic E-state index is 0.141. The third kappa shape index (κ3) is 5.20. The predicted octanol–water partition coefficient (Wildman–Crippen LogP) is 3.00. The number of carbonyl (C=O) groups is 1. The first-order valence-electron chi connectivity index (χ1n) is 10.5. The molecule has 4 heterocycles. The topological polar surface area (TPSA) is 90.2 Å². The summed E-state index contributed by atoms with van der Waals surface area (Å²) in [4.78, 5) is 19.5. The van der Waals surface area contributed by atoms with Gasteiger partial charge in [-0.25, -0.2) is 9.50 Å². The number of carbonyl (C=O) groups excluding carboxylic acids is 1. The maximum Gasteiger partial charge on any atom is 0.345 e. The Morgan fingerprint density at radius 2 is 2.06 bits per heavy atom. The van der Waals surface area contributed by atoms with Crippen LogP contribution in [0, 0.1) is 0 Å². The van der Waals surface area contributed by atoms with Crippen molar-refractivity contribution in [2.45, 2.75) is 26.1 Å². The molecule has 11 heteroatoms. The van der Waals surface area contributed by atoms with Gasteiger partial charge in [0.05, 0.1) is 30.8 Å². The van der Waals surface area contributed by atoms with Crippen molar-refractivity contribution in [1.29, 1.82) is 0 Å². The van der Waals surface area contributed by atoms with E-state index in [0.29, 0.717) is 24.4 Å². The van der Waals surface area contributed by atoms with Crippen molar-refractivity contribution in [3.8, 4) is 5.75 Å². The minimum atomic E-state index is -2.62. The zero-order valence-electron chi connectivity index (χ0n) is 18.3. The molecule has 176 valence electrons. The summed E-state index contributed by atoms with van der Waals surface area (Å²) >= 11 is 0. The first-order valence-corrected chi connectivity index (χ1v) is 10.5. The van der Waals surface area contributed by atoms with E-state index >= 15 is 0 Å². The van der Waals surface area contributed by atoms with Gasteiger partial charge >= 0.3 is 6.61 Å². The summed E-state index contributed by atoms with van der Waals surface area (Å²) in [6.07, 6.45) is 5.94. The minimum Gasteiger partial charge on any atom is -0.490 e. The Hall–Kier alpha value is -3.31. The number of aromatic nitrogens is 3. The molecule has 9 nitrogen and oxygen atoms in total. The van der Waals surface area contributed by atoms with Crippen LogP contribution in [0.1, 0.15) is 22.8 Å². The Kier molecular flexibility index (Phi) is 6.99. The van der Waals surface area contributed by atoms with Crippen LogP contribution in [0.25, 0.3) is 5.65 Å². The van der Waals surface area contributed by atoms with Gasteiger partial charge in [-0.1, -0.05) is 0 Å². The first-order chi connectivity index (χ1) is 16.0. The van der Waals surface area contributed by atoms with Crippen molar-refractivity contribution in [1.82, 2.24) is 14.6 Å². The number of morpholine rings is 1. The average molecular weight is 461 g/mol. The van der Waals surface area contributed by atoms with E-state index in [1.165, 1.54) is 0 Å². The van der Waals surface area contributed by atoms with Gasteiger partial charge in [-0.05, 0) is 19.1 Å². The molecule has 1 aromatic carbocycles. The quantitative estimate of drug-likeness (QED) is 0.639. The highest BCUT2D eigenvalue weighted by Crippen LogP contribution is 2.39. The molecule has 1 fully saturated rings. The van der Waals surface area contributed by atoms with Crippen molar-refractivity contribution >= 4 is 22.9 Å². The van der Waals surface area contributed by atoms with Crippen molar-refractivity contribution in [2.24, 2.45) is 0 Å². The molecule has 1 unspecified atom stereocenters. The van der Waals surface area contributed by atoms with E-state index in [0.717, 1.165) is 49.3 Å². The molecular formula is C22H25F2N5O4. The van der Waals surface area contributed by atoms with Crippen LogP contribution < -0.4 is 15.0 Å². The fourth-order valence-electron chi connectivity index (χ4n) is 3.79. The predicted molar refractivity (Wildman–Crippen MR) is 117 cm³/mol. The molecule has 1 amide bonds. The van der Waals surface area contributed by atoms with Crippen molar-refractivity contribution < 1.29 is 27.8 Å². The van der Waals surface area contributed by atoms with E-state index in [1.54, 1.807) is 29.2 Å². The fraction of sp³-hybridized carbons (Fsp3) is 0.409. The monoisotopic (exact) mass is 461 g/mol. The molecule has 2 aliphatic heterocycles. The highest BCUT2D eigenvalue weighted by atomic mass is 19.3. The van der Waals surface area contributed by atoms with Crippen LogP contribution in [0.2, 0.25) is 0 Å². The number of methoxy groups -OCH3 is 1. The van der Waals surface area contributed by atoms with Crippen LogP contribution in [-0.4, -0.2) is 66.6 Å². The number of alkyl halides is 2. The smallest absolute Gasteiger partial charge is 0.345 e. The molecule has 2 aromatic heterocycles. The molecular weight excluding hydrogens is 436 g/mol. The SMILES string of the molecule is CC1Cc2cc(NC(=O)c3cnn4cccnc34)c(N3CCOCC3)cc2O1.COC(F)F. The Balaban J connectivity index is 0.000000471. The number of nitrogens with one attached hydrogen (secondary N) is 1. The van der Waals surface area contributed by atoms with Crippen LogP contribution >= 0.6 is 0 Å². The number of hydrogen-bond donors (Lipinski definition) is 1. The van der Waals surface area contributed by atoms with Crippen LogP contribution in [0.15, 0.2) is 36.8 Å². The zero-order valence-corrected chi connectivity index (χ0v) is 18.3. The second-order valence-corrected chi connectivity index (χ2v) is 7.61. The summed E-state index contributed by atoms with van der Waals surface area (Å²) < 4.78 is 37.5.